The minimum absolute atomic E-state index is 0.0351. The minimum Gasteiger partial charge on any atom is -0.476 e. The molecule has 146 valence electrons. The lowest BCUT2D eigenvalue weighted by Crippen LogP contribution is -2.70. The van der Waals surface area contributed by atoms with E-state index in [1.165, 1.54) is 18.3 Å². The molecular formula is C15H16N2O7S3. The van der Waals surface area contributed by atoms with Crippen LogP contribution in [0, 0.1) is 0 Å². The van der Waals surface area contributed by atoms with Crippen LogP contribution < -0.4 is 5.32 Å². The summed E-state index contributed by atoms with van der Waals surface area (Å²) in [7, 11) is -3.92. The summed E-state index contributed by atoms with van der Waals surface area (Å²) in [4.78, 5) is 38.0. The Morgan fingerprint density at radius 2 is 2.19 bits per heavy atom. The molecule has 2 aliphatic heterocycles. The molecule has 2 N–H and O–H groups in total. The number of thiophene rings is 1. The molecule has 2 aliphatic rings. The van der Waals surface area contributed by atoms with Crippen LogP contribution in [-0.2, 0) is 35.1 Å². The van der Waals surface area contributed by atoms with E-state index in [2.05, 4.69) is 5.32 Å². The summed E-state index contributed by atoms with van der Waals surface area (Å²) in [5, 5.41) is 13.3. The fraction of sp³-hybridized carbons (Fsp3) is 0.400. The molecule has 0 bridgehead atoms. The minimum atomic E-state index is -3.92. The summed E-state index contributed by atoms with van der Waals surface area (Å²) < 4.78 is 28.2. The molecule has 0 aromatic carbocycles. The molecular weight excluding hydrogens is 416 g/mol. The first-order valence-corrected chi connectivity index (χ1v) is 11.4. The van der Waals surface area contributed by atoms with Gasteiger partial charge >= 0.3 is 16.1 Å². The third-order valence-electron chi connectivity index (χ3n) is 3.95. The van der Waals surface area contributed by atoms with Gasteiger partial charge in [0, 0.05) is 4.88 Å². The van der Waals surface area contributed by atoms with E-state index in [1.807, 2.05) is 11.4 Å². The molecule has 0 aliphatic carbocycles. The zero-order chi connectivity index (χ0) is 19.8. The van der Waals surface area contributed by atoms with Crippen LogP contribution in [0.25, 0.3) is 0 Å². The number of hydrogen-bond donors (Lipinski definition) is 2. The lowest BCUT2D eigenvalue weighted by molar-refractivity contribution is -0.151. The Morgan fingerprint density at radius 3 is 2.78 bits per heavy atom. The van der Waals surface area contributed by atoms with Gasteiger partial charge in [-0.3, -0.25) is 14.5 Å². The van der Waals surface area contributed by atoms with Crippen molar-refractivity contribution in [3.63, 3.8) is 0 Å². The Labute approximate surface area is 163 Å². The highest BCUT2D eigenvalue weighted by Crippen LogP contribution is 2.41. The number of carboxylic acids is 1. The average Bonchev–Trinajstić information content (AvgIpc) is 3.11. The van der Waals surface area contributed by atoms with E-state index in [0.29, 0.717) is 0 Å². The van der Waals surface area contributed by atoms with Gasteiger partial charge in [-0.2, -0.15) is 8.42 Å². The van der Waals surface area contributed by atoms with Gasteiger partial charge in [-0.15, -0.1) is 23.1 Å². The van der Waals surface area contributed by atoms with Gasteiger partial charge in [-0.05, 0) is 18.4 Å². The van der Waals surface area contributed by atoms with Crippen LogP contribution in [0.2, 0.25) is 0 Å². The molecule has 3 rings (SSSR count). The molecule has 1 unspecified atom stereocenters. The third-order valence-corrected chi connectivity index (χ3v) is 7.24. The van der Waals surface area contributed by atoms with Crippen molar-refractivity contribution in [2.24, 2.45) is 0 Å². The van der Waals surface area contributed by atoms with Crippen molar-refractivity contribution < 1.29 is 32.1 Å². The highest BCUT2D eigenvalue weighted by molar-refractivity contribution is 8.00. The predicted molar refractivity (Wildman–Crippen MR) is 98.3 cm³/mol. The maximum Gasteiger partial charge on any atom is 0.356 e. The van der Waals surface area contributed by atoms with Gasteiger partial charge in [0.2, 0.25) is 5.91 Å². The molecule has 0 spiro atoms. The highest BCUT2D eigenvalue weighted by Gasteiger charge is 2.55. The van der Waals surface area contributed by atoms with E-state index in [1.54, 1.807) is 6.07 Å². The van der Waals surface area contributed by atoms with Crippen molar-refractivity contribution in [3.8, 4) is 0 Å². The highest BCUT2D eigenvalue weighted by atomic mass is 32.2. The first-order chi connectivity index (χ1) is 12.7. The second-order valence-electron chi connectivity index (χ2n) is 5.72. The number of carbonyl (C=O) groups is 3. The zero-order valence-electron chi connectivity index (χ0n) is 14.1. The molecule has 12 heteroatoms. The molecule has 3 heterocycles. The number of amides is 2. The lowest BCUT2D eigenvalue weighted by Gasteiger charge is -2.48. The Balaban J connectivity index is 1.75. The van der Waals surface area contributed by atoms with E-state index < -0.39 is 39.1 Å². The van der Waals surface area contributed by atoms with Crippen molar-refractivity contribution in [2.75, 3.05) is 11.5 Å². The maximum absolute atomic E-state index is 12.4. The van der Waals surface area contributed by atoms with Gasteiger partial charge < -0.3 is 14.6 Å². The van der Waals surface area contributed by atoms with Crippen molar-refractivity contribution in [3.05, 3.63) is 33.8 Å². The zero-order valence-corrected chi connectivity index (χ0v) is 16.5. The van der Waals surface area contributed by atoms with Gasteiger partial charge in [0.25, 0.3) is 5.91 Å². The van der Waals surface area contributed by atoms with Gasteiger partial charge in [0.15, 0.2) is 11.5 Å². The summed E-state index contributed by atoms with van der Waals surface area (Å²) in [5.74, 6) is -3.06. The van der Waals surface area contributed by atoms with E-state index in [4.69, 9.17) is 4.18 Å². The van der Waals surface area contributed by atoms with Gasteiger partial charge in [0.05, 0.1) is 17.9 Å². The Morgan fingerprint density at radius 1 is 1.44 bits per heavy atom. The molecule has 9 nitrogen and oxygen atoms in total. The summed E-state index contributed by atoms with van der Waals surface area (Å²) in [5.41, 5.74) is -0.496. The summed E-state index contributed by atoms with van der Waals surface area (Å²) in [6, 6.07) is 2.76. The smallest absolute Gasteiger partial charge is 0.356 e. The molecule has 27 heavy (non-hydrogen) atoms. The van der Waals surface area contributed by atoms with Crippen molar-refractivity contribution in [2.45, 2.75) is 24.8 Å². The number of nitrogens with zero attached hydrogens (tertiary/aromatic N) is 1. The van der Waals surface area contributed by atoms with Gasteiger partial charge in [0.1, 0.15) is 11.4 Å². The topological polar surface area (TPSA) is 130 Å². The molecule has 1 aromatic rings. The number of aliphatic carboxylic acids is 1. The monoisotopic (exact) mass is 432 g/mol. The Kier molecular flexibility index (Phi) is 5.49. The molecule has 2 amide bonds. The number of thioether (sulfide) groups is 1. The number of carboxylic acid groups (broad SMARTS) is 1. The van der Waals surface area contributed by atoms with Crippen molar-refractivity contribution in [1.29, 1.82) is 0 Å². The number of β-lactam (4-membered cyclic amide) rings is 1. The molecule has 0 saturated carbocycles. The van der Waals surface area contributed by atoms with Gasteiger partial charge in [-0.25, -0.2) is 4.79 Å². The van der Waals surface area contributed by atoms with E-state index in [0.717, 1.165) is 21.5 Å². The predicted octanol–water partition coefficient (Wildman–Crippen LogP) is 0.353. The standard InChI is InChI=1S/C15H16N2O7S3/c1-2-27(22,23)24-9-7-26-14-11(13(19)17(14)12(9)15(20)21)16-10(18)6-8-4-3-5-25-8/h3-5,11,14H,2,6-7H2,1H3,(H,16,18)(H,20,21)/t11?,14-/m0/s1. The maximum atomic E-state index is 12.4. The van der Waals surface area contributed by atoms with Crippen molar-refractivity contribution in [1.82, 2.24) is 10.2 Å². The molecule has 1 saturated heterocycles. The number of carbonyl (C=O) groups excluding carboxylic acids is 2. The van der Waals surface area contributed by atoms with Crippen LogP contribution in [-0.4, -0.2) is 59.1 Å². The quantitative estimate of drug-likeness (QED) is 0.466. The SMILES string of the molecule is CCS(=O)(=O)OC1=C(C(=O)O)N2C(=O)C(NC(=O)Cc3cccs3)[C@@H]2SC1. The average molecular weight is 433 g/mol. The number of rotatable bonds is 7. The number of nitrogens with one attached hydrogen (secondary N) is 1. The summed E-state index contributed by atoms with van der Waals surface area (Å²) >= 11 is 2.56. The summed E-state index contributed by atoms with van der Waals surface area (Å²) in [6.45, 7) is 1.36. The van der Waals surface area contributed by atoms with Crippen LogP contribution in [0.4, 0.5) is 0 Å². The molecule has 0 radical (unpaired) electrons. The van der Waals surface area contributed by atoms with Crippen LogP contribution in [0.3, 0.4) is 0 Å². The van der Waals surface area contributed by atoms with Crippen LogP contribution in [0.1, 0.15) is 11.8 Å². The molecule has 2 atom stereocenters. The number of hydrogen-bond acceptors (Lipinski definition) is 8. The third kappa shape index (κ3) is 3.96. The van der Waals surface area contributed by atoms with Crippen molar-refractivity contribution >= 4 is 51.0 Å². The van der Waals surface area contributed by atoms with Crippen LogP contribution >= 0.6 is 23.1 Å². The van der Waals surface area contributed by atoms with E-state index in [9.17, 15) is 27.9 Å². The van der Waals surface area contributed by atoms with E-state index in [-0.39, 0.29) is 29.6 Å². The second kappa shape index (κ2) is 7.52. The lowest BCUT2D eigenvalue weighted by atomic mass is 10.0. The van der Waals surface area contributed by atoms with Crippen LogP contribution in [0.15, 0.2) is 29.0 Å². The normalized spacial score (nSPS) is 22.1. The Hall–Kier alpha value is -2.05. The second-order valence-corrected chi connectivity index (χ2v) is 9.71. The molecule has 1 fully saturated rings. The number of fused-ring (bicyclic) bond motifs is 1. The largest absolute Gasteiger partial charge is 0.476 e. The first-order valence-electron chi connectivity index (χ1n) is 7.88. The van der Waals surface area contributed by atoms with Crippen LogP contribution in [0.5, 0.6) is 0 Å². The molecule has 1 aromatic heterocycles. The van der Waals surface area contributed by atoms with Gasteiger partial charge in [-0.1, -0.05) is 6.07 Å². The fourth-order valence-electron chi connectivity index (χ4n) is 2.66. The Bertz CT molecular complexity index is 908. The summed E-state index contributed by atoms with van der Waals surface area (Å²) in [6.07, 6.45) is 0.129. The fourth-order valence-corrected chi connectivity index (χ4v) is 5.26. The van der Waals surface area contributed by atoms with E-state index >= 15 is 0 Å². The first kappa shape index (κ1) is 19.7.